The molecular weight excluding hydrogens is 411 g/mol. The van der Waals surface area contributed by atoms with E-state index < -0.39 is 4.92 Å². The summed E-state index contributed by atoms with van der Waals surface area (Å²) in [4.78, 5) is 12.5. The molecule has 0 aliphatic carbocycles. The van der Waals surface area contributed by atoms with Gasteiger partial charge in [-0.15, -0.1) is 24.8 Å². The maximum Gasteiger partial charge on any atom is 0.312 e. The highest BCUT2D eigenvalue weighted by Gasteiger charge is 2.28. The third-order valence-electron chi connectivity index (χ3n) is 3.52. The average Bonchev–Trinajstić information content (AvgIpc) is 2.47. The van der Waals surface area contributed by atoms with Crippen molar-refractivity contribution in [2.45, 2.75) is 12.5 Å². The van der Waals surface area contributed by atoms with Gasteiger partial charge >= 0.3 is 5.69 Å². The van der Waals surface area contributed by atoms with Crippen LogP contribution in [0.5, 0.6) is 5.75 Å². The average molecular weight is 428 g/mol. The second-order valence-corrected chi connectivity index (χ2v) is 5.70. The minimum atomic E-state index is -0.620. The van der Waals surface area contributed by atoms with Crippen LogP contribution in [0.2, 0.25) is 0 Å². The van der Waals surface area contributed by atoms with Gasteiger partial charge in [0.25, 0.3) is 0 Å². The van der Waals surface area contributed by atoms with Crippen molar-refractivity contribution in [2.24, 2.45) is 0 Å². The predicted molar refractivity (Wildman–Crippen MR) is 94.4 cm³/mol. The van der Waals surface area contributed by atoms with Crippen LogP contribution in [-0.2, 0) is 0 Å². The van der Waals surface area contributed by atoms with Gasteiger partial charge in [0.15, 0.2) is 5.75 Å². The number of benzene rings is 1. The molecule has 1 aliphatic heterocycles. The molecule has 10 heteroatoms. The van der Waals surface area contributed by atoms with Crippen LogP contribution in [0.25, 0.3) is 0 Å². The van der Waals surface area contributed by atoms with Crippen molar-refractivity contribution in [3.63, 3.8) is 0 Å². The van der Waals surface area contributed by atoms with E-state index in [2.05, 4.69) is 32.2 Å². The van der Waals surface area contributed by atoms with Crippen molar-refractivity contribution in [1.29, 1.82) is 5.26 Å². The van der Waals surface area contributed by atoms with E-state index in [4.69, 9.17) is 5.26 Å². The number of hydrogen-bond acceptors (Lipinski definition) is 6. The highest BCUT2D eigenvalue weighted by atomic mass is 79.9. The van der Waals surface area contributed by atoms with E-state index in [1.807, 2.05) is 0 Å². The van der Waals surface area contributed by atoms with Crippen LogP contribution >= 0.6 is 40.7 Å². The topological polar surface area (TPSA) is 102 Å². The maximum atomic E-state index is 11.0. The van der Waals surface area contributed by atoms with E-state index in [9.17, 15) is 15.2 Å². The zero-order chi connectivity index (χ0) is 15.4. The lowest BCUT2D eigenvalue weighted by atomic mass is 10.00. The molecule has 1 fully saturated rings. The number of nitriles is 1. The van der Waals surface area contributed by atoms with Crippen molar-refractivity contribution in [3.05, 3.63) is 32.3 Å². The Balaban J connectivity index is 0.00000242. The van der Waals surface area contributed by atoms with E-state index in [0.717, 1.165) is 26.2 Å². The van der Waals surface area contributed by atoms with Gasteiger partial charge in [-0.2, -0.15) is 5.26 Å². The summed E-state index contributed by atoms with van der Waals surface area (Å²) < 4.78 is 0.514. The van der Waals surface area contributed by atoms with Gasteiger partial charge in [0.05, 0.1) is 23.5 Å². The first-order valence-electron chi connectivity index (χ1n) is 6.53. The third-order valence-corrected chi connectivity index (χ3v) is 3.97. The molecule has 1 aromatic carbocycles. The smallest absolute Gasteiger partial charge is 0.312 e. The van der Waals surface area contributed by atoms with E-state index in [1.54, 1.807) is 6.07 Å². The van der Waals surface area contributed by atoms with Gasteiger partial charge in [0.2, 0.25) is 0 Å². The summed E-state index contributed by atoms with van der Waals surface area (Å²) in [7, 11) is 0. The molecule has 7 nitrogen and oxygen atoms in total. The zero-order valence-electron chi connectivity index (χ0n) is 12.1. The molecule has 0 bridgehead atoms. The number of aromatic hydroxyl groups is 1. The monoisotopic (exact) mass is 426 g/mol. The Morgan fingerprint density at radius 1 is 1.43 bits per heavy atom. The highest BCUT2D eigenvalue weighted by molar-refractivity contribution is 9.10. The number of nitro benzene ring substituents is 1. The van der Waals surface area contributed by atoms with Gasteiger partial charge in [-0.05, 0) is 6.07 Å². The first-order chi connectivity index (χ1) is 10.0. The third kappa shape index (κ3) is 5.19. The summed E-state index contributed by atoms with van der Waals surface area (Å²) in [6, 6.07) is 4.66. The standard InChI is InChI=1S/C13H15BrN4O3.2ClH/c14-9-7-10(13(19)12(8-9)18(20)21)11(1-2-15)17-5-3-16-4-6-17;;/h7-8,11,16,19H,1,3-6H2;2*1H/t11-;;/m0../s1. The molecule has 1 aliphatic rings. The van der Waals surface area contributed by atoms with Crippen LogP contribution in [0.4, 0.5) is 5.69 Å². The van der Waals surface area contributed by atoms with Crippen molar-refractivity contribution < 1.29 is 10.0 Å². The Morgan fingerprint density at radius 3 is 2.57 bits per heavy atom. The quantitative estimate of drug-likeness (QED) is 0.565. The van der Waals surface area contributed by atoms with Crippen molar-refractivity contribution >= 4 is 46.4 Å². The first-order valence-corrected chi connectivity index (χ1v) is 7.32. The van der Waals surface area contributed by atoms with Crippen molar-refractivity contribution in [1.82, 2.24) is 10.2 Å². The van der Waals surface area contributed by atoms with Crippen LogP contribution in [0.1, 0.15) is 18.0 Å². The molecule has 2 N–H and O–H groups in total. The summed E-state index contributed by atoms with van der Waals surface area (Å²) in [5.41, 5.74) is 0.0666. The predicted octanol–water partition coefficient (Wildman–Crippen LogP) is 2.77. The normalized spacial score (nSPS) is 15.7. The number of phenols is 1. The molecule has 0 saturated carbocycles. The fourth-order valence-electron chi connectivity index (χ4n) is 2.51. The number of piperazine rings is 1. The summed E-state index contributed by atoms with van der Waals surface area (Å²) in [5.74, 6) is -0.359. The molecule has 23 heavy (non-hydrogen) atoms. The zero-order valence-corrected chi connectivity index (χ0v) is 15.3. The van der Waals surface area contributed by atoms with Gasteiger partial charge in [-0.3, -0.25) is 15.0 Å². The lowest BCUT2D eigenvalue weighted by molar-refractivity contribution is -0.386. The van der Waals surface area contributed by atoms with E-state index >= 15 is 0 Å². The minimum absolute atomic E-state index is 0. The number of nitrogens with one attached hydrogen (secondary N) is 1. The Labute approximate surface area is 154 Å². The van der Waals surface area contributed by atoms with Gasteiger partial charge in [-0.25, -0.2) is 0 Å². The van der Waals surface area contributed by atoms with Crippen LogP contribution in [0.15, 0.2) is 16.6 Å². The Kier molecular flexibility index (Phi) is 9.42. The Morgan fingerprint density at radius 2 is 2.04 bits per heavy atom. The Hall–Kier alpha value is -1.11. The second-order valence-electron chi connectivity index (χ2n) is 4.78. The van der Waals surface area contributed by atoms with Crippen LogP contribution in [0, 0.1) is 21.4 Å². The number of rotatable bonds is 4. The van der Waals surface area contributed by atoms with E-state index in [-0.39, 0.29) is 48.7 Å². The molecule has 0 unspecified atom stereocenters. The molecule has 0 aromatic heterocycles. The molecule has 0 spiro atoms. The molecule has 2 rings (SSSR count). The number of phenolic OH excluding ortho intramolecular Hbond substituents is 1. The lowest BCUT2D eigenvalue weighted by Gasteiger charge is -2.34. The summed E-state index contributed by atoms with van der Waals surface area (Å²) in [6.45, 7) is 3.04. The fourth-order valence-corrected chi connectivity index (χ4v) is 2.98. The lowest BCUT2D eigenvalue weighted by Crippen LogP contribution is -2.45. The Bertz CT molecular complexity index is 591. The van der Waals surface area contributed by atoms with Crippen LogP contribution in [0.3, 0.4) is 0 Å². The van der Waals surface area contributed by atoms with Gasteiger partial charge in [0.1, 0.15) is 0 Å². The molecule has 128 valence electrons. The largest absolute Gasteiger partial charge is 0.502 e. The highest BCUT2D eigenvalue weighted by Crippen LogP contribution is 2.39. The van der Waals surface area contributed by atoms with E-state index in [1.165, 1.54) is 6.07 Å². The molecule has 0 amide bonds. The molecule has 1 heterocycles. The van der Waals surface area contributed by atoms with E-state index in [0.29, 0.717) is 10.0 Å². The van der Waals surface area contributed by atoms with Crippen LogP contribution in [-0.4, -0.2) is 41.1 Å². The van der Waals surface area contributed by atoms with Gasteiger partial charge in [0, 0.05) is 42.3 Å². The molecule has 1 saturated heterocycles. The van der Waals surface area contributed by atoms with Gasteiger partial charge < -0.3 is 10.4 Å². The van der Waals surface area contributed by atoms with Crippen molar-refractivity contribution in [3.8, 4) is 11.8 Å². The summed E-state index contributed by atoms with van der Waals surface area (Å²) in [6.07, 6.45) is 0.168. The van der Waals surface area contributed by atoms with Gasteiger partial charge in [-0.1, -0.05) is 15.9 Å². The summed E-state index contributed by atoms with van der Waals surface area (Å²) >= 11 is 3.23. The second kappa shape index (κ2) is 9.90. The molecule has 0 radical (unpaired) electrons. The van der Waals surface area contributed by atoms with Crippen molar-refractivity contribution in [2.75, 3.05) is 26.2 Å². The molecule has 1 aromatic rings. The fraction of sp³-hybridized carbons (Fsp3) is 0.462. The van der Waals surface area contributed by atoms with Crippen LogP contribution < -0.4 is 5.32 Å². The number of hydrogen-bond donors (Lipinski definition) is 2. The summed E-state index contributed by atoms with van der Waals surface area (Å²) in [5, 5.41) is 33.5. The number of halogens is 3. The SMILES string of the molecule is Cl.Cl.N#CC[C@@H](c1cc(Br)cc([N+](=O)[O-])c1O)N1CCNCC1. The molecule has 1 atom stereocenters. The minimum Gasteiger partial charge on any atom is -0.502 e. The molecular formula is C13H17BrCl2N4O3. The number of nitro groups is 1. The number of nitrogens with zero attached hydrogens (tertiary/aromatic N) is 3. The first kappa shape index (κ1) is 21.9. The maximum absolute atomic E-state index is 11.0.